The molecule has 1 N–H and O–H groups in total. The fraction of sp³-hybridized carbons (Fsp3) is 0.129. The number of aryl methyl sites for hydroxylation is 2. The molecule has 7 nitrogen and oxygen atoms in total. The second-order valence-corrected chi connectivity index (χ2v) is 10.1. The van der Waals surface area contributed by atoms with Crippen LogP contribution < -0.4 is 19.7 Å². The van der Waals surface area contributed by atoms with Crippen LogP contribution in [0.25, 0.3) is 16.8 Å². The predicted molar refractivity (Wildman–Crippen MR) is 156 cm³/mol. The minimum Gasteiger partial charge on any atom is -0.493 e. The molecule has 0 atom stereocenters. The monoisotopic (exact) mass is 574 g/mol. The molecule has 0 bridgehead atoms. The van der Waals surface area contributed by atoms with Crippen molar-refractivity contribution in [2.75, 3.05) is 12.0 Å². The summed E-state index contributed by atoms with van der Waals surface area (Å²) in [5.74, 6) is -0.974. The van der Waals surface area contributed by atoms with E-state index in [-0.39, 0.29) is 22.9 Å². The van der Waals surface area contributed by atoms with Gasteiger partial charge in [-0.3, -0.25) is 14.9 Å². The van der Waals surface area contributed by atoms with Crippen molar-refractivity contribution in [3.05, 3.63) is 105 Å². The third-order valence-corrected chi connectivity index (χ3v) is 7.23. The van der Waals surface area contributed by atoms with Crippen LogP contribution in [0.5, 0.6) is 11.5 Å². The number of amides is 4. The Labute approximate surface area is 240 Å². The number of fused-ring (bicyclic) bond motifs is 1. The molecule has 5 rings (SSSR count). The number of imide groups is 2. The molecule has 4 amide bonds. The number of nitrogens with zero attached hydrogens (tertiary/aromatic N) is 1. The highest BCUT2D eigenvalue weighted by Gasteiger charge is 2.37. The third-order valence-electron chi connectivity index (χ3n) is 6.71. The Hall–Kier alpha value is -4.33. The van der Waals surface area contributed by atoms with Gasteiger partial charge in [0, 0.05) is 10.6 Å². The van der Waals surface area contributed by atoms with Gasteiger partial charge in [0.05, 0.1) is 17.8 Å². The van der Waals surface area contributed by atoms with Crippen molar-refractivity contribution >= 4 is 63.6 Å². The molecular formula is C31H24Cl2N2O5. The van der Waals surface area contributed by atoms with Gasteiger partial charge in [-0.2, -0.15) is 0 Å². The van der Waals surface area contributed by atoms with Crippen molar-refractivity contribution in [2.45, 2.75) is 20.5 Å². The second kappa shape index (κ2) is 11.0. The molecule has 9 heteroatoms. The Kier molecular flexibility index (Phi) is 7.52. The normalized spacial score (nSPS) is 14.6. The molecule has 0 aliphatic carbocycles. The first-order valence-corrected chi connectivity index (χ1v) is 13.1. The molecule has 0 saturated carbocycles. The van der Waals surface area contributed by atoms with E-state index >= 15 is 0 Å². The molecule has 1 saturated heterocycles. The summed E-state index contributed by atoms with van der Waals surface area (Å²) in [6, 6.07) is 19.3. The summed E-state index contributed by atoms with van der Waals surface area (Å²) in [7, 11) is 1.47. The standard InChI is InChI=1S/C31H24Cl2N2O5/c1-17-8-10-20-6-4-5-7-22(20)24(17)16-40-28-25(33)13-19(14-27(28)39-3)12-23-29(36)34-31(38)35(30(23)37)26-15-21(32)11-9-18(26)2/h4-15H,16H2,1-3H3,(H,34,36,38)/b23-12+. The zero-order chi connectivity index (χ0) is 28.6. The Morgan fingerprint density at radius 3 is 2.45 bits per heavy atom. The number of carbonyl (C=O) groups excluding carboxylic acids is 3. The number of anilines is 1. The van der Waals surface area contributed by atoms with Crippen LogP contribution in [0.3, 0.4) is 0 Å². The summed E-state index contributed by atoms with van der Waals surface area (Å²) in [6.07, 6.45) is 1.35. The number of benzene rings is 4. The third kappa shape index (κ3) is 5.13. The first kappa shape index (κ1) is 27.2. The molecule has 0 unspecified atom stereocenters. The van der Waals surface area contributed by atoms with Crippen LogP contribution in [0, 0.1) is 13.8 Å². The number of carbonyl (C=O) groups is 3. The summed E-state index contributed by atoms with van der Waals surface area (Å²) in [6.45, 7) is 4.00. The molecule has 4 aromatic rings. The molecule has 1 aliphatic heterocycles. The highest BCUT2D eigenvalue weighted by molar-refractivity contribution is 6.40. The number of hydrogen-bond acceptors (Lipinski definition) is 5. The topological polar surface area (TPSA) is 84.9 Å². The van der Waals surface area contributed by atoms with E-state index < -0.39 is 17.8 Å². The van der Waals surface area contributed by atoms with Gasteiger partial charge in [0.2, 0.25) is 0 Å². The minimum absolute atomic E-state index is 0.228. The molecule has 40 heavy (non-hydrogen) atoms. The molecule has 0 radical (unpaired) electrons. The molecule has 0 aromatic heterocycles. The van der Waals surface area contributed by atoms with E-state index in [0.29, 0.717) is 27.6 Å². The van der Waals surface area contributed by atoms with Gasteiger partial charge in [0.15, 0.2) is 11.5 Å². The number of rotatable bonds is 6. The lowest BCUT2D eigenvalue weighted by molar-refractivity contribution is -0.122. The van der Waals surface area contributed by atoms with E-state index in [2.05, 4.69) is 11.4 Å². The Bertz CT molecular complexity index is 1730. The zero-order valence-corrected chi connectivity index (χ0v) is 23.4. The maximum atomic E-state index is 13.4. The fourth-order valence-corrected chi connectivity index (χ4v) is 5.05. The first-order valence-electron chi connectivity index (χ1n) is 12.3. The summed E-state index contributed by atoms with van der Waals surface area (Å²) in [5, 5.41) is 4.96. The highest BCUT2D eigenvalue weighted by atomic mass is 35.5. The Balaban J connectivity index is 1.47. The summed E-state index contributed by atoms with van der Waals surface area (Å²) in [4.78, 5) is 39.6. The SMILES string of the molecule is COc1cc(/C=C2\C(=O)NC(=O)N(c3cc(Cl)ccc3C)C2=O)cc(Cl)c1OCc1c(C)ccc2ccccc12. The van der Waals surface area contributed by atoms with E-state index in [0.717, 1.165) is 26.8 Å². The maximum Gasteiger partial charge on any atom is 0.335 e. The van der Waals surface area contributed by atoms with Crippen LogP contribution in [-0.2, 0) is 16.2 Å². The smallest absolute Gasteiger partial charge is 0.335 e. The molecular weight excluding hydrogens is 551 g/mol. The van der Waals surface area contributed by atoms with Crippen LogP contribution in [0.15, 0.2) is 72.3 Å². The number of hydrogen-bond donors (Lipinski definition) is 1. The number of urea groups is 1. The number of nitrogens with one attached hydrogen (secondary N) is 1. The van der Waals surface area contributed by atoms with Crippen LogP contribution in [-0.4, -0.2) is 25.0 Å². The molecule has 1 heterocycles. The number of barbiturate groups is 1. The number of halogens is 2. The van der Waals surface area contributed by atoms with Gasteiger partial charge in [0.25, 0.3) is 11.8 Å². The summed E-state index contributed by atoms with van der Waals surface area (Å²) in [5.41, 5.74) is 3.16. The predicted octanol–water partition coefficient (Wildman–Crippen LogP) is 7.02. The second-order valence-electron chi connectivity index (χ2n) is 9.29. The molecule has 0 spiro atoms. The Morgan fingerprint density at radius 1 is 0.925 bits per heavy atom. The summed E-state index contributed by atoms with van der Waals surface area (Å²) >= 11 is 12.7. The van der Waals surface area contributed by atoms with Crippen LogP contribution in [0.4, 0.5) is 10.5 Å². The number of methoxy groups -OCH3 is 1. The Morgan fingerprint density at radius 2 is 1.68 bits per heavy atom. The average molecular weight is 575 g/mol. The van der Waals surface area contributed by atoms with Gasteiger partial charge < -0.3 is 9.47 Å². The van der Waals surface area contributed by atoms with Gasteiger partial charge in [-0.15, -0.1) is 0 Å². The van der Waals surface area contributed by atoms with Gasteiger partial charge >= 0.3 is 6.03 Å². The summed E-state index contributed by atoms with van der Waals surface area (Å²) < 4.78 is 11.7. The highest BCUT2D eigenvalue weighted by Crippen LogP contribution is 2.38. The van der Waals surface area contributed by atoms with E-state index in [9.17, 15) is 14.4 Å². The fourth-order valence-electron chi connectivity index (χ4n) is 4.61. The van der Waals surface area contributed by atoms with Crippen molar-refractivity contribution in [1.82, 2.24) is 5.32 Å². The molecule has 1 aliphatic rings. The van der Waals surface area contributed by atoms with Gasteiger partial charge in [0.1, 0.15) is 12.2 Å². The first-order chi connectivity index (χ1) is 19.2. The van der Waals surface area contributed by atoms with Gasteiger partial charge in [-0.05, 0) is 71.7 Å². The lowest BCUT2D eigenvalue weighted by atomic mass is 10.0. The van der Waals surface area contributed by atoms with Crippen molar-refractivity contribution in [3.63, 3.8) is 0 Å². The van der Waals surface area contributed by atoms with Crippen molar-refractivity contribution in [3.8, 4) is 11.5 Å². The van der Waals surface area contributed by atoms with E-state index in [1.54, 1.807) is 31.2 Å². The van der Waals surface area contributed by atoms with E-state index in [1.165, 1.54) is 19.3 Å². The van der Waals surface area contributed by atoms with Gasteiger partial charge in [-0.25, -0.2) is 9.69 Å². The van der Waals surface area contributed by atoms with Gasteiger partial charge in [-0.1, -0.05) is 65.7 Å². The van der Waals surface area contributed by atoms with Crippen LogP contribution in [0.2, 0.25) is 10.0 Å². The molecule has 202 valence electrons. The number of ether oxygens (including phenoxy) is 2. The zero-order valence-electron chi connectivity index (χ0n) is 21.9. The molecule has 4 aromatic carbocycles. The van der Waals surface area contributed by atoms with Crippen molar-refractivity contribution in [2.24, 2.45) is 0 Å². The quantitative estimate of drug-likeness (QED) is 0.197. The van der Waals surface area contributed by atoms with E-state index in [1.807, 2.05) is 37.3 Å². The lowest BCUT2D eigenvalue weighted by Crippen LogP contribution is -2.54. The minimum atomic E-state index is -0.861. The van der Waals surface area contributed by atoms with E-state index in [4.69, 9.17) is 32.7 Å². The maximum absolute atomic E-state index is 13.4. The van der Waals surface area contributed by atoms with Crippen LogP contribution in [0.1, 0.15) is 22.3 Å². The lowest BCUT2D eigenvalue weighted by Gasteiger charge is -2.27. The average Bonchev–Trinajstić information content (AvgIpc) is 2.92. The molecule has 1 fully saturated rings. The van der Waals surface area contributed by atoms with Crippen molar-refractivity contribution in [1.29, 1.82) is 0 Å². The van der Waals surface area contributed by atoms with Crippen LogP contribution >= 0.6 is 23.2 Å². The largest absolute Gasteiger partial charge is 0.493 e. The van der Waals surface area contributed by atoms with Crippen molar-refractivity contribution < 1.29 is 23.9 Å².